The Kier molecular flexibility index (Phi) is 7.81. The number of nitrogens with zero attached hydrogens (tertiary/aromatic N) is 6. The standard InChI is InChI=1S/C28H31N9O/c1-36(2)14-4-7-26(38)33-21-10-11-30-24(17-21)23-6-3-5-20-18-32-28(35-27(20)23)34-22-8-9-25(31-19-22)37-15-12-29-13-16-37/h3-11,17-19,29H,12-16H2,1-2H3,(H,30,33,38)(H,32,34,35). The fraction of sp³-hybridized carbons (Fsp3) is 0.250. The number of benzene rings is 1. The van der Waals surface area contributed by atoms with Crippen molar-refractivity contribution in [3.8, 4) is 11.3 Å². The van der Waals surface area contributed by atoms with E-state index in [1.54, 1.807) is 24.7 Å². The van der Waals surface area contributed by atoms with Crippen LogP contribution in [0.2, 0.25) is 0 Å². The molecule has 0 atom stereocenters. The quantitative estimate of drug-likeness (QED) is 0.308. The highest BCUT2D eigenvalue weighted by atomic mass is 16.1. The number of aromatic nitrogens is 4. The number of pyridine rings is 2. The summed E-state index contributed by atoms with van der Waals surface area (Å²) < 4.78 is 0. The third-order valence-corrected chi connectivity index (χ3v) is 6.10. The van der Waals surface area contributed by atoms with E-state index in [1.165, 1.54) is 6.08 Å². The zero-order valence-electron chi connectivity index (χ0n) is 21.6. The van der Waals surface area contributed by atoms with Crippen molar-refractivity contribution in [2.24, 2.45) is 0 Å². The second-order valence-corrected chi connectivity index (χ2v) is 9.29. The van der Waals surface area contributed by atoms with E-state index in [0.29, 0.717) is 23.9 Å². The maximum atomic E-state index is 12.3. The Morgan fingerprint density at radius 1 is 1.05 bits per heavy atom. The molecule has 5 rings (SSSR count). The van der Waals surface area contributed by atoms with Crippen molar-refractivity contribution in [2.75, 3.05) is 62.4 Å². The maximum absolute atomic E-state index is 12.3. The molecule has 3 aromatic heterocycles. The van der Waals surface area contributed by atoms with Gasteiger partial charge in [-0.05, 0) is 38.4 Å². The summed E-state index contributed by atoms with van der Waals surface area (Å²) in [6.45, 7) is 4.52. The highest BCUT2D eigenvalue weighted by molar-refractivity contribution is 6.00. The van der Waals surface area contributed by atoms with E-state index in [0.717, 1.165) is 54.2 Å². The molecule has 1 aliphatic heterocycles. The monoisotopic (exact) mass is 509 g/mol. The zero-order valence-corrected chi connectivity index (χ0v) is 21.6. The van der Waals surface area contributed by atoms with Crippen LogP contribution in [-0.4, -0.2) is 77.6 Å². The lowest BCUT2D eigenvalue weighted by molar-refractivity contribution is -0.111. The van der Waals surface area contributed by atoms with Gasteiger partial charge in [-0.15, -0.1) is 0 Å². The third kappa shape index (κ3) is 6.28. The summed E-state index contributed by atoms with van der Waals surface area (Å²) in [5.41, 5.74) is 3.79. The lowest BCUT2D eigenvalue weighted by Gasteiger charge is -2.28. The van der Waals surface area contributed by atoms with Crippen molar-refractivity contribution in [1.29, 1.82) is 0 Å². The smallest absolute Gasteiger partial charge is 0.248 e. The molecule has 0 saturated carbocycles. The first-order valence-corrected chi connectivity index (χ1v) is 12.6. The van der Waals surface area contributed by atoms with Crippen LogP contribution in [0.3, 0.4) is 0 Å². The van der Waals surface area contributed by atoms with Gasteiger partial charge in [-0.3, -0.25) is 9.78 Å². The molecule has 0 spiro atoms. The number of rotatable bonds is 8. The predicted octanol–water partition coefficient (Wildman–Crippen LogP) is 3.30. The number of fused-ring (bicyclic) bond motifs is 1. The second-order valence-electron chi connectivity index (χ2n) is 9.29. The van der Waals surface area contributed by atoms with E-state index >= 15 is 0 Å². The van der Waals surface area contributed by atoms with E-state index < -0.39 is 0 Å². The molecule has 0 bridgehead atoms. The number of hydrogen-bond donors (Lipinski definition) is 3. The minimum atomic E-state index is -0.188. The summed E-state index contributed by atoms with van der Waals surface area (Å²) in [5, 5.41) is 10.4. The number of carbonyl (C=O) groups excluding carboxylic acids is 1. The molecule has 0 aliphatic carbocycles. The molecule has 4 aromatic rings. The van der Waals surface area contributed by atoms with Crippen molar-refractivity contribution >= 4 is 40.0 Å². The van der Waals surface area contributed by atoms with Gasteiger partial charge in [0.15, 0.2) is 0 Å². The fourth-order valence-electron chi connectivity index (χ4n) is 4.20. The normalized spacial score (nSPS) is 13.8. The van der Waals surface area contributed by atoms with Crippen LogP contribution < -0.4 is 20.9 Å². The molecule has 194 valence electrons. The topological polar surface area (TPSA) is 111 Å². The number of nitrogens with one attached hydrogen (secondary N) is 3. The Balaban J connectivity index is 1.35. The van der Waals surface area contributed by atoms with Crippen LogP contribution in [-0.2, 0) is 4.79 Å². The molecular formula is C28H31N9O. The molecular weight excluding hydrogens is 478 g/mol. The van der Waals surface area contributed by atoms with Gasteiger partial charge in [0.1, 0.15) is 5.82 Å². The van der Waals surface area contributed by atoms with E-state index in [1.807, 2.05) is 61.5 Å². The highest BCUT2D eigenvalue weighted by Crippen LogP contribution is 2.28. The van der Waals surface area contributed by atoms with Gasteiger partial charge in [-0.1, -0.05) is 24.3 Å². The number of para-hydroxylation sites is 1. The fourth-order valence-corrected chi connectivity index (χ4v) is 4.20. The maximum Gasteiger partial charge on any atom is 0.248 e. The van der Waals surface area contributed by atoms with Crippen LogP contribution in [0.4, 0.5) is 23.1 Å². The third-order valence-electron chi connectivity index (χ3n) is 6.10. The summed E-state index contributed by atoms with van der Waals surface area (Å²) in [6, 6.07) is 13.5. The minimum absolute atomic E-state index is 0.188. The minimum Gasteiger partial charge on any atom is -0.354 e. The van der Waals surface area contributed by atoms with Gasteiger partial charge in [0, 0.05) is 67.8 Å². The van der Waals surface area contributed by atoms with Crippen LogP contribution in [0.5, 0.6) is 0 Å². The second kappa shape index (κ2) is 11.8. The summed E-state index contributed by atoms with van der Waals surface area (Å²) in [6.07, 6.45) is 8.63. The van der Waals surface area contributed by atoms with Crippen LogP contribution in [0, 0.1) is 0 Å². The highest BCUT2D eigenvalue weighted by Gasteiger charge is 2.13. The van der Waals surface area contributed by atoms with E-state index in [4.69, 9.17) is 4.98 Å². The number of carbonyl (C=O) groups is 1. The molecule has 1 aliphatic rings. The molecule has 1 aromatic carbocycles. The van der Waals surface area contributed by atoms with Crippen molar-refractivity contribution in [3.05, 3.63) is 73.2 Å². The van der Waals surface area contributed by atoms with Crippen LogP contribution in [0.25, 0.3) is 22.2 Å². The lowest BCUT2D eigenvalue weighted by atomic mass is 10.1. The number of piperazine rings is 1. The Labute approximate surface area is 221 Å². The number of anilines is 4. The Bertz CT molecular complexity index is 1430. The summed E-state index contributed by atoms with van der Waals surface area (Å²) in [7, 11) is 3.90. The van der Waals surface area contributed by atoms with Crippen molar-refractivity contribution < 1.29 is 4.79 Å². The van der Waals surface area contributed by atoms with E-state index in [-0.39, 0.29) is 5.91 Å². The number of likely N-dealkylation sites (N-methyl/N-ethyl adjacent to an activating group) is 1. The molecule has 4 heterocycles. The SMILES string of the molecule is CN(C)CC=CC(=O)Nc1ccnc(-c2cccc3cnc(Nc4ccc(N5CCNCC5)nc4)nc23)c1. The largest absolute Gasteiger partial charge is 0.354 e. The van der Waals surface area contributed by atoms with E-state index in [2.05, 4.69) is 35.8 Å². The molecule has 10 nitrogen and oxygen atoms in total. The Morgan fingerprint density at radius 2 is 1.92 bits per heavy atom. The lowest BCUT2D eigenvalue weighted by Crippen LogP contribution is -2.43. The van der Waals surface area contributed by atoms with Gasteiger partial charge in [-0.2, -0.15) is 0 Å². The predicted molar refractivity (Wildman–Crippen MR) is 152 cm³/mol. The van der Waals surface area contributed by atoms with Crippen LogP contribution >= 0.6 is 0 Å². The first-order chi connectivity index (χ1) is 18.5. The molecule has 1 saturated heterocycles. The van der Waals surface area contributed by atoms with Gasteiger partial charge in [0.05, 0.1) is 23.1 Å². The first-order valence-electron chi connectivity index (χ1n) is 12.6. The zero-order chi connectivity index (χ0) is 26.3. The molecule has 38 heavy (non-hydrogen) atoms. The van der Waals surface area contributed by atoms with Gasteiger partial charge >= 0.3 is 0 Å². The van der Waals surface area contributed by atoms with Crippen molar-refractivity contribution in [3.63, 3.8) is 0 Å². The Morgan fingerprint density at radius 3 is 2.71 bits per heavy atom. The number of hydrogen-bond acceptors (Lipinski definition) is 9. The molecule has 1 fully saturated rings. The van der Waals surface area contributed by atoms with E-state index in [9.17, 15) is 4.79 Å². The van der Waals surface area contributed by atoms with Gasteiger partial charge in [0.25, 0.3) is 0 Å². The molecule has 1 amide bonds. The Hall–Kier alpha value is -4.41. The summed E-state index contributed by atoms with van der Waals surface area (Å²) in [5.74, 6) is 1.24. The molecule has 0 radical (unpaired) electrons. The van der Waals surface area contributed by atoms with Gasteiger partial charge < -0.3 is 25.8 Å². The average molecular weight is 510 g/mol. The van der Waals surface area contributed by atoms with Gasteiger partial charge in [-0.25, -0.2) is 15.0 Å². The average Bonchev–Trinajstić information content (AvgIpc) is 2.93. The molecule has 10 heteroatoms. The molecule has 0 unspecified atom stereocenters. The van der Waals surface area contributed by atoms with Crippen molar-refractivity contribution in [1.82, 2.24) is 30.2 Å². The first kappa shape index (κ1) is 25.2. The summed E-state index contributed by atoms with van der Waals surface area (Å²) >= 11 is 0. The van der Waals surface area contributed by atoms with Crippen LogP contribution in [0.15, 0.2) is 73.2 Å². The number of amides is 1. The van der Waals surface area contributed by atoms with Crippen molar-refractivity contribution in [2.45, 2.75) is 0 Å². The van der Waals surface area contributed by atoms with Crippen LogP contribution in [0.1, 0.15) is 0 Å². The van der Waals surface area contributed by atoms with Gasteiger partial charge in [0.2, 0.25) is 11.9 Å². The molecule has 3 N–H and O–H groups in total. The summed E-state index contributed by atoms with van der Waals surface area (Å²) in [4.78, 5) is 35.0.